The van der Waals surface area contributed by atoms with Gasteiger partial charge in [0.1, 0.15) is 0 Å². The van der Waals surface area contributed by atoms with Crippen molar-refractivity contribution in [2.75, 3.05) is 0 Å². The third kappa shape index (κ3) is 11.2. The fraction of sp³-hybridized carbons (Fsp3) is 0. The third-order valence-corrected chi connectivity index (χ3v) is 0. The van der Waals surface area contributed by atoms with Gasteiger partial charge in [0.25, 0.3) is 0 Å². The predicted octanol–water partition coefficient (Wildman–Crippen LogP) is -2.85. The molecule has 0 fully saturated rings. The summed E-state index contributed by atoms with van der Waals surface area (Å²) in [6.45, 7) is 0. The molecule has 0 heterocycles. The molecule has 0 spiro atoms. The maximum atomic E-state index is 0. The fourth-order valence-corrected chi connectivity index (χ4v) is 0. The average Bonchev–Trinajstić information content (AvgIpc) is 0. The molecule has 0 aliphatic rings. The molecule has 3 N–H and O–H groups in total. The van der Waals surface area contributed by atoms with Crippen LogP contribution >= 0.6 is 0 Å². The Balaban J connectivity index is 0. The van der Waals surface area contributed by atoms with Gasteiger partial charge in [-0.3, -0.25) is 0 Å². The van der Waals surface area contributed by atoms with Gasteiger partial charge < -0.3 is 6.15 Å². The smallest absolute Gasteiger partial charge is 0.0149 e. The summed E-state index contributed by atoms with van der Waals surface area (Å²) >= 11 is 0. The van der Waals surface area contributed by atoms with Gasteiger partial charge in [-0.1, -0.05) is 0 Å². The first kappa shape index (κ1) is 69.9. The quantitative estimate of drug-likeness (QED) is 0.398. The van der Waals surface area contributed by atoms with Crippen LogP contribution < -0.4 is 6.15 Å². The van der Waals surface area contributed by atoms with E-state index in [4.69, 9.17) is 0 Å². The summed E-state index contributed by atoms with van der Waals surface area (Å²) in [5.41, 5.74) is 0. The maximum absolute atomic E-state index is 0. The first-order chi connectivity index (χ1) is 0. The molecule has 0 aromatic heterocycles. The van der Waals surface area contributed by atoms with Crippen LogP contribution in [0.25, 0.3) is 0 Å². The van der Waals surface area contributed by atoms with Crippen LogP contribution in [0.3, 0.4) is 0 Å². The van der Waals surface area contributed by atoms with Gasteiger partial charge in [0, 0.05) is 8.41 Å². The van der Waals surface area contributed by atoms with Gasteiger partial charge in [0.15, 0.2) is 0 Å². The molecule has 0 saturated heterocycles. The summed E-state index contributed by atoms with van der Waals surface area (Å²) in [5, 5.41) is 0. The van der Waals surface area contributed by atoms with E-state index in [0.29, 0.717) is 0 Å². The van der Waals surface area contributed by atoms with E-state index in [0.717, 1.165) is 0 Å². The van der Waals surface area contributed by atoms with E-state index in [1.54, 1.807) is 0 Å². The van der Waals surface area contributed by atoms with Crippen molar-refractivity contribution in [3.05, 3.63) is 0 Å². The minimum absolute atomic E-state index is 0. The molecule has 0 rings (SSSR count). The van der Waals surface area contributed by atoms with Crippen LogP contribution in [0.15, 0.2) is 0 Å². The molecule has 3 radical (unpaired) electrons. The minimum Gasteiger partial charge on any atom is -0.0149 e. The van der Waals surface area contributed by atoms with E-state index in [-0.39, 0.29) is 51.4 Å². The second-order valence-electron chi connectivity index (χ2n) is 0. The first-order valence-corrected chi connectivity index (χ1v) is 0. The zero-order valence-corrected chi connectivity index (χ0v) is 1.28. The van der Waals surface area contributed by atoms with Gasteiger partial charge >= 0.3 is 25.8 Å². The predicted molar refractivity (Wildman–Crippen MR) is 32.0 cm³/mol. The SMILES string of the molecule is N.[B].[InH3].[SiH4]. The van der Waals surface area contributed by atoms with E-state index >= 15 is 0 Å². The monoisotopic (exact) mass is 178 g/mol. The van der Waals surface area contributed by atoms with E-state index in [1.165, 1.54) is 0 Å². The van der Waals surface area contributed by atoms with Crippen LogP contribution in [-0.4, -0.2) is 45.2 Å². The van der Waals surface area contributed by atoms with Crippen molar-refractivity contribution in [3.63, 3.8) is 0 Å². The van der Waals surface area contributed by atoms with Crippen molar-refractivity contribution in [2.45, 2.75) is 0 Å². The molecular weight excluding hydrogens is 168 g/mol. The van der Waals surface area contributed by atoms with Crippen molar-refractivity contribution in [2.24, 2.45) is 0 Å². The standard InChI is InChI=1S/B.In.H3N.H4Si.3H/h;;1H3;1H4;;;. The summed E-state index contributed by atoms with van der Waals surface area (Å²) < 4.78 is 0. The van der Waals surface area contributed by atoms with Gasteiger partial charge in [-0.05, 0) is 11.0 Å². The van der Waals surface area contributed by atoms with E-state index in [9.17, 15) is 0 Å². The molecule has 0 saturated carbocycles. The second kappa shape index (κ2) is 32.2. The molecule has 0 bridgehead atoms. The Bertz CT molecular complexity index is 8.00. The molecule has 0 amide bonds. The number of rotatable bonds is 0. The van der Waals surface area contributed by atoms with E-state index in [2.05, 4.69) is 0 Å². The van der Waals surface area contributed by atoms with E-state index < -0.39 is 0 Å². The molecule has 0 unspecified atom stereocenters. The summed E-state index contributed by atoms with van der Waals surface area (Å²) in [6, 6.07) is 0. The molecule has 0 aromatic carbocycles. The van der Waals surface area contributed by atoms with Crippen LogP contribution in [-0.2, 0) is 0 Å². The molecule has 4 heavy (non-hydrogen) atoms. The van der Waals surface area contributed by atoms with Crippen molar-refractivity contribution < 1.29 is 0 Å². The van der Waals surface area contributed by atoms with Crippen LogP contribution in [0.2, 0.25) is 0 Å². The van der Waals surface area contributed by atoms with Crippen LogP contribution in [0, 0.1) is 0 Å². The van der Waals surface area contributed by atoms with Crippen LogP contribution in [0.4, 0.5) is 0 Å². The maximum Gasteiger partial charge on any atom is -0.0149 e. The van der Waals surface area contributed by atoms with Gasteiger partial charge in [0.2, 0.25) is 0 Å². The number of hydrogen-bond acceptors (Lipinski definition) is 1. The van der Waals surface area contributed by atoms with Crippen LogP contribution in [0.5, 0.6) is 0 Å². The van der Waals surface area contributed by atoms with Crippen LogP contribution in [0.1, 0.15) is 0 Å². The van der Waals surface area contributed by atoms with Gasteiger partial charge in [0.05, 0.1) is 0 Å². The fourth-order valence-electron chi connectivity index (χ4n) is 0. The molecule has 1 nitrogen and oxygen atoms in total. The third-order valence-electron chi connectivity index (χ3n) is 0. The topological polar surface area (TPSA) is 35.0 Å². The summed E-state index contributed by atoms with van der Waals surface area (Å²) in [6.07, 6.45) is 0. The normalized spacial score (nSPS) is 0. The Hall–Kier alpha value is 1.11. The Morgan fingerprint density at radius 3 is 1.00 bits per heavy atom. The Labute approximate surface area is 51.5 Å². The van der Waals surface area contributed by atoms with Gasteiger partial charge in [-0.2, -0.15) is 0 Å². The molecule has 4 heteroatoms. The van der Waals surface area contributed by atoms with Crippen molar-refractivity contribution in [1.29, 1.82) is 0 Å². The average molecular weight is 178 g/mol. The Kier molecular flexibility index (Phi) is 563. The number of hydrogen-bond donors (Lipinski definition) is 1. The van der Waals surface area contributed by atoms with Gasteiger partial charge in [-0.25, -0.2) is 0 Å². The first-order valence-electron chi connectivity index (χ1n) is 0. The second-order valence-corrected chi connectivity index (χ2v) is 0. The van der Waals surface area contributed by atoms with E-state index in [1.807, 2.05) is 0 Å². The molecule has 0 atom stereocenters. The summed E-state index contributed by atoms with van der Waals surface area (Å²) in [7, 11) is 0. The Morgan fingerprint density at radius 2 is 1.00 bits per heavy atom. The molecular formula is H10BInNSi. The molecule has 0 aliphatic heterocycles. The molecule has 0 aliphatic carbocycles. The van der Waals surface area contributed by atoms with Crippen molar-refractivity contribution >= 4 is 45.2 Å². The van der Waals surface area contributed by atoms with Gasteiger partial charge in [-0.15, -0.1) is 0 Å². The zero-order valence-electron chi connectivity index (χ0n) is 1.28. The summed E-state index contributed by atoms with van der Waals surface area (Å²) in [4.78, 5) is 0. The summed E-state index contributed by atoms with van der Waals surface area (Å²) in [5.74, 6) is 0. The van der Waals surface area contributed by atoms with Crippen molar-refractivity contribution in [1.82, 2.24) is 6.15 Å². The Morgan fingerprint density at radius 1 is 1.00 bits per heavy atom. The zero-order chi connectivity index (χ0) is 0. The minimum atomic E-state index is 0. The van der Waals surface area contributed by atoms with Crippen molar-refractivity contribution in [3.8, 4) is 0 Å². The molecule has 0 aromatic rings. The largest absolute Gasteiger partial charge is 0.0149 e. The molecule has 25 valence electrons.